The number of fused-ring (bicyclic) bond motifs is 1. The molecule has 0 bridgehead atoms. The normalized spacial score (nSPS) is 21.9. The van der Waals surface area contributed by atoms with Crippen molar-refractivity contribution in [1.29, 1.82) is 0 Å². The lowest BCUT2D eigenvalue weighted by molar-refractivity contribution is -0.134. The van der Waals surface area contributed by atoms with Crippen LogP contribution in [-0.4, -0.2) is 41.4 Å². The van der Waals surface area contributed by atoms with Gasteiger partial charge in [0.25, 0.3) is 5.91 Å². The van der Waals surface area contributed by atoms with Gasteiger partial charge in [0.15, 0.2) is 0 Å². The van der Waals surface area contributed by atoms with Crippen LogP contribution in [0.4, 0.5) is 9.59 Å². The molecule has 8 nitrogen and oxygen atoms in total. The Labute approximate surface area is 164 Å². The molecule has 1 aliphatic carbocycles. The van der Waals surface area contributed by atoms with E-state index in [4.69, 9.17) is 0 Å². The quantitative estimate of drug-likeness (QED) is 0.668. The Morgan fingerprint density at radius 3 is 2.68 bits per heavy atom. The van der Waals surface area contributed by atoms with Crippen LogP contribution in [0.25, 0.3) is 0 Å². The molecule has 1 heterocycles. The van der Waals surface area contributed by atoms with Crippen molar-refractivity contribution in [3.8, 4) is 0 Å². The van der Waals surface area contributed by atoms with Gasteiger partial charge in [-0.1, -0.05) is 25.1 Å². The zero-order valence-corrected chi connectivity index (χ0v) is 16.4. The van der Waals surface area contributed by atoms with Crippen molar-refractivity contribution in [1.82, 2.24) is 20.9 Å². The van der Waals surface area contributed by atoms with E-state index in [1.165, 1.54) is 11.1 Å². The highest BCUT2D eigenvalue weighted by Gasteiger charge is 2.49. The minimum atomic E-state index is -1.23. The summed E-state index contributed by atoms with van der Waals surface area (Å²) in [7, 11) is 0. The van der Waals surface area contributed by atoms with Gasteiger partial charge in [0.05, 0.1) is 0 Å². The molecule has 28 heavy (non-hydrogen) atoms. The molecule has 3 N–H and O–H groups in total. The van der Waals surface area contributed by atoms with E-state index in [0.29, 0.717) is 12.0 Å². The van der Waals surface area contributed by atoms with Crippen LogP contribution in [0.3, 0.4) is 0 Å². The van der Waals surface area contributed by atoms with E-state index < -0.39 is 36.0 Å². The molecule has 3 rings (SSSR count). The molecule has 2 aliphatic rings. The maximum atomic E-state index is 12.9. The maximum absolute atomic E-state index is 12.9. The molecule has 0 radical (unpaired) electrons. The summed E-state index contributed by atoms with van der Waals surface area (Å²) in [6, 6.07) is 4.43. The molecule has 1 aromatic carbocycles. The molecule has 0 aromatic heterocycles. The van der Waals surface area contributed by atoms with Crippen molar-refractivity contribution in [2.24, 2.45) is 0 Å². The second-order valence-electron chi connectivity index (χ2n) is 7.61. The number of aryl methyl sites for hydroxylation is 2. The lowest BCUT2D eigenvalue weighted by Crippen LogP contribution is -2.48. The largest absolute Gasteiger partial charge is 0.335 e. The van der Waals surface area contributed by atoms with Crippen molar-refractivity contribution in [3.63, 3.8) is 0 Å². The minimum absolute atomic E-state index is 0.0902. The van der Waals surface area contributed by atoms with Gasteiger partial charge in [0.1, 0.15) is 12.1 Å². The van der Waals surface area contributed by atoms with Gasteiger partial charge in [-0.25, -0.2) is 9.59 Å². The van der Waals surface area contributed by atoms with Crippen LogP contribution in [0, 0.1) is 0 Å². The number of urea groups is 2. The van der Waals surface area contributed by atoms with Crippen LogP contribution in [-0.2, 0) is 28.0 Å². The molecule has 1 fully saturated rings. The summed E-state index contributed by atoms with van der Waals surface area (Å²) in [5.41, 5.74) is 1.93. The van der Waals surface area contributed by atoms with Crippen molar-refractivity contribution >= 4 is 23.9 Å². The number of amides is 6. The highest BCUT2D eigenvalue weighted by molar-refractivity contribution is 6.10. The van der Waals surface area contributed by atoms with E-state index >= 15 is 0 Å². The lowest BCUT2D eigenvalue weighted by Gasteiger charge is -2.23. The molecule has 1 aliphatic heterocycles. The lowest BCUT2D eigenvalue weighted by atomic mass is 9.89. The van der Waals surface area contributed by atoms with Crippen LogP contribution in [0.2, 0.25) is 0 Å². The zero-order valence-electron chi connectivity index (χ0n) is 16.4. The predicted molar refractivity (Wildman–Crippen MR) is 102 cm³/mol. The fourth-order valence-electron chi connectivity index (χ4n) is 3.59. The third-order valence-corrected chi connectivity index (χ3v) is 5.50. The topological polar surface area (TPSA) is 108 Å². The fraction of sp³-hybridized carbons (Fsp3) is 0.500. The average Bonchev–Trinajstić information content (AvgIpc) is 3.19. The summed E-state index contributed by atoms with van der Waals surface area (Å²) in [4.78, 5) is 50.1. The molecule has 0 spiro atoms. The van der Waals surface area contributed by atoms with E-state index in [1.54, 1.807) is 6.92 Å². The first kappa shape index (κ1) is 19.9. The van der Waals surface area contributed by atoms with E-state index in [2.05, 4.69) is 16.0 Å². The third kappa shape index (κ3) is 3.72. The third-order valence-electron chi connectivity index (χ3n) is 5.50. The molecule has 0 unspecified atom stereocenters. The number of benzene rings is 1. The van der Waals surface area contributed by atoms with E-state index in [0.717, 1.165) is 24.2 Å². The van der Waals surface area contributed by atoms with Crippen molar-refractivity contribution in [3.05, 3.63) is 34.9 Å². The van der Waals surface area contributed by atoms with Gasteiger partial charge in [-0.05, 0) is 56.2 Å². The Hall–Kier alpha value is -2.90. The fourth-order valence-corrected chi connectivity index (χ4v) is 3.59. The van der Waals surface area contributed by atoms with E-state index in [9.17, 15) is 19.2 Å². The summed E-state index contributed by atoms with van der Waals surface area (Å²) in [5.74, 6) is -1.23. The summed E-state index contributed by atoms with van der Waals surface area (Å²) < 4.78 is 0. The number of carbonyl (C=O) groups is 4. The summed E-state index contributed by atoms with van der Waals surface area (Å²) in [6.07, 6.45) is 3.78. The Morgan fingerprint density at radius 2 is 1.96 bits per heavy atom. The molecular weight excluding hydrogens is 360 g/mol. The number of nitrogens with zero attached hydrogens (tertiary/aromatic N) is 1. The molecule has 1 aromatic rings. The predicted octanol–water partition coefficient (Wildman–Crippen LogP) is 1.57. The Kier molecular flexibility index (Phi) is 5.40. The number of nitrogens with one attached hydrogen (secondary N) is 3. The van der Waals surface area contributed by atoms with Crippen molar-refractivity contribution in [2.45, 2.75) is 58.0 Å². The van der Waals surface area contributed by atoms with Crippen molar-refractivity contribution in [2.75, 3.05) is 6.54 Å². The first-order chi connectivity index (χ1) is 13.2. The molecule has 6 amide bonds. The second kappa shape index (κ2) is 7.61. The minimum Gasteiger partial charge on any atom is -0.335 e. The summed E-state index contributed by atoms with van der Waals surface area (Å²) >= 11 is 0. The number of imide groups is 2. The number of carbonyl (C=O) groups excluding carboxylic acids is 4. The van der Waals surface area contributed by atoms with Crippen LogP contribution >= 0.6 is 0 Å². The smallest absolute Gasteiger partial charge is 0.325 e. The highest BCUT2D eigenvalue weighted by Crippen LogP contribution is 2.32. The van der Waals surface area contributed by atoms with Crippen LogP contribution in [0.1, 0.15) is 50.3 Å². The first-order valence-corrected chi connectivity index (χ1v) is 9.61. The summed E-state index contributed by atoms with van der Waals surface area (Å²) in [5, 5.41) is 7.44. The maximum Gasteiger partial charge on any atom is 0.325 e. The Morgan fingerprint density at radius 1 is 1.25 bits per heavy atom. The molecular formula is C20H26N4O4. The Balaban J connectivity index is 1.69. The number of rotatable bonds is 5. The van der Waals surface area contributed by atoms with E-state index in [1.807, 2.05) is 32.0 Å². The monoisotopic (exact) mass is 386 g/mol. The van der Waals surface area contributed by atoms with E-state index in [-0.39, 0.29) is 6.04 Å². The standard InChI is InChI=1S/C20H26N4O4/c1-4-12(2)21-18(27)22-16(25)11-24-17(26)20(3,23-19(24)28)15-9-8-13-6-5-7-14(13)10-15/h8-10,12H,4-7,11H2,1-3H3,(H,23,28)(H2,21,22,25,27)/t12-,20+/m1/s1. The van der Waals surface area contributed by atoms with Crippen molar-refractivity contribution < 1.29 is 19.2 Å². The van der Waals surface area contributed by atoms with Gasteiger partial charge in [0, 0.05) is 6.04 Å². The van der Waals surface area contributed by atoms with Gasteiger partial charge in [-0.3, -0.25) is 19.8 Å². The number of hydrogen-bond acceptors (Lipinski definition) is 4. The molecule has 2 atom stereocenters. The number of hydrogen-bond donors (Lipinski definition) is 3. The molecule has 8 heteroatoms. The van der Waals surface area contributed by atoms with Gasteiger partial charge in [0.2, 0.25) is 5.91 Å². The first-order valence-electron chi connectivity index (χ1n) is 9.61. The van der Waals surface area contributed by atoms with Gasteiger partial charge in [-0.2, -0.15) is 0 Å². The molecule has 150 valence electrons. The van der Waals surface area contributed by atoms with Crippen LogP contribution in [0.5, 0.6) is 0 Å². The molecule has 1 saturated heterocycles. The van der Waals surface area contributed by atoms with Crippen LogP contribution in [0.15, 0.2) is 18.2 Å². The van der Waals surface area contributed by atoms with Gasteiger partial charge in [-0.15, -0.1) is 0 Å². The van der Waals surface area contributed by atoms with Gasteiger partial charge < -0.3 is 10.6 Å². The average molecular weight is 386 g/mol. The molecule has 0 saturated carbocycles. The Bertz CT molecular complexity index is 837. The summed E-state index contributed by atoms with van der Waals surface area (Å²) in [6.45, 7) is 4.83. The second-order valence-corrected chi connectivity index (χ2v) is 7.61. The van der Waals surface area contributed by atoms with Crippen LogP contribution < -0.4 is 16.0 Å². The SMILES string of the molecule is CC[C@@H](C)NC(=O)NC(=O)CN1C(=O)N[C@@](C)(c2ccc3c(c2)CCC3)C1=O. The zero-order chi connectivity index (χ0) is 20.5. The van der Waals surface area contributed by atoms with Gasteiger partial charge >= 0.3 is 12.1 Å². The highest BCUT2D eigenvalue weighted by atomic mass is 16.2.